The Morgan fingerprint density at radius 2 is 1.69 bits per heavy atom. The summed E-state index contributed by atoms with van der Waals surface area (Å²) in [5.41, 5.74) is 0. The fourth-order valence-corrected chi connectivity index (χ4v) is 5.48. The maximum absolute atomic E-state index is 13.1. The molecule has 1 aromatic carbocycles. The number of nitrogens with zero attached hydrogens (tertiary/aromatic N) is 5. The van der Waals surface area contributed by atoms with Gasteiger partial charge < -0.3 is 9.42 Å². The van der Waals surface area contributed by atoms with Crippen LogP contribution >= 0.6 is 0 Å². The third-order valence-corrected chi connectivity index (χ3v) is 7.83. The van der Waals surface area contributed by atoms with Crippen LogP contribution in [0.5, 0.6) is 0 Å². The molecule has 2 saturated heterocycles. The zero-order valence-corrected chi connectivity index (χ0v) is 18.8. The van der Waals surface area contributed by atoms with Crippen molar-refractivity contribution in [2.45, 2.75) is 43.5 Å². The molecule has 4 rings (SSSR count). The lowest BCUT2D eigenvalue weighted by Gasteiger charge is -2.33. The molecule has 9 nitrogen and oxygen atoms in total. The summed E-state index contributed by atoms with van der Waals surface area (Å²) >= 11 is 0. The Balaban J connectivity index is 1.24. The van der Waals surface area contributed by atoms with E-state index in [4.69, 9.17) is 4.52 Å². The number of piperazine rings is 1. The second kappa shape index (κ2) is 10.1. The van der Waals surface area contributed by atoms with Gasteiger partial charge in [0, 0.05) is 52.1 Å². The molecule has 2 aromatic rings. The Labute approximate surface area is 187 Å². The summed E-state index contributed by atoms with van der Waals surface area (Å²) in [6.45, 7) is 3.82. The van der Waals surface area contributed by atoms with E-state index in [9.17, 15) is 17.6 Å². The predicted octanol–water partition coefficient (Wildman–Crippen LogP) is 1.66. The molecule has 0 spiro atoms. The lowest BCUT2D eigenvalue weighted by atomic mass is 10.1. The van der Waals surface area contributed by atoms with Crippen molar-refractivity contribution in [3.8, 4) is 0 Å². The highest BCUT2D eigenvalue weighted by molar-refractivity contribution is 7.89. The standard InChI is InChI=1S/C21H28FN5O4S/c22-17-4-6-18(7-5-17)32(29,30)27-14-12-25(13-15-27)16-19-23-20(31-24-19)8-9-21(28)26-10-2-1-3-11-26/h4-7H,1-3,8-16H2. The highest BCUT2D eigenvalue weighted by Gasteiger charge is 2.29. The van der Waals surface area contributed by atoms with E-state index < -0.39 is 15.8 Å². The number of sulfonamides is 1. The number of halogens is 1. The molecule has 2 aliphatic heterocycles. The molecule has 0 atom stereocenters. The van der Waals surface area contributed by atoms with Crippen LogP contribution < -0.4 is 0 Å². The number of aryl methyl sites for hydroxylation is 1. The van der Waals surface area contributed by atoms with Gasteiger partial charge in [-0.05, 0) is 43.5 Å². The van der Waals surface area contributed by atoms with Crippen LogP contribution in [0.3, 0.4) is 0 Å². The van der Waals surface area contributed by atoms with Crippen LogP contribution in [-0.4, -0.2) is 77.8 Å². The van der Waals surface area contributed by atoms with Gasteiger partial charge >= 0.3 is 0 Å². The molecule has 1 amide bonds. The van der Waals surface area contributed by atoms with Gasteiger partial charge in [-0.3, -0.25) is 9.69 Å². The first kappa shape index (κ1) is 22.8. The van der Waals surface area contributed by atoms with Gasteiger partial charge in [0.15, 0.2) is 5.82 Å². The highest BCUT2D eigenvalue weighted by atomic mass is 32.2. The number of hydrogen-bond acceptors (Lipinski definition) is 7. The van der Waals surface area contributed by atoms with E-state index in [0.29, 0.717) is 57.3 Å². The van der Waals surface area contributed by atoms with E-state index in [0.717, 1.165) is 38.1 Å². The topological polar surface area (TPSA) is 99.9 Å². The van der Waals surface area contributed by atoms with Gasteiger partial charge in [-0.25, -0.2) is 12.8 Å². The second-order valence-corrected chi connectivity index (χ2v) is 10.1. The van der Waals surface area contributed by atoms with Crippen molar-refractivity contribution in [3.05, 3.63) is 41.8 Å². The van der Waals surface area contributed by atoms with Crippen molar-refractivity contribution in [2.24, 2.45) is 0 Å². The van der Waals surface area contributed by atoms with Gasteiger partial charge in [0.05, 0.1) is 11.4 Å². The van der Waals surface area contributed by atoms with Gasteiger partial charge in [0.1, 0.15) is 5.82 Å². The molecule has 174 valence electrons. The van der Waals surface area contributed by atoms with Gasteiger partial charge in [-0.2, -0.15) is 9.29 Å². The van der Waals surface area contributed by atoms with Crippen molar-refractivity contribution in [1.29, 1.82) is 0 Å². The number of amides is 1. The molecule has 0 aliphatic carbocycles. The third-order valence-electron chi connectivity index (χ3n) is 5.92. The quantitative estimate of drug-likeness (QED) is 0.613. The lowest BCUT2D eigenvalue weighted by Crippen LogP contribution is -2.48. The Morgan fingerprint density at radius 3 is 2.38 bits per heavy atom. The summed E-state index contributed by atoms with van der Waals surface area (Å²) < 4.78 is 45.2. The third kappa shape index (κ3) is 5.51. The van der Waals surface area contributed by atoms with Crippen LogP contribution in [0, 0.1) is 5.82 Å². The number of aromatic nitrogens is 2. The number of rotatable bonds is 7. The van der Waals surface area contributed by atoms with E-state index in [1.807, 2.05) is 4.90 Å². The largest absolute Gasteiger partial charge is 0.343 e. The van der Waals surface area contributed by atoms with Crippen LogP contribution in [0.15, 0.2) is 33.7 Å². The van der Waals surface area contributed by atoms with E-state index in [1.165, 1.54) is 22.9 Å². The van der Waals surface area contributed by atoms with E-state index >= 15 is 0 Å². The van der Waals surface area contributed by atoms with Crippen LogP contribution in [0.4, 0.5) is 4.39 Å². The summed E-state index contributed by atoms with van der Waals surface area (Å²) in [4.78, 5) is 20.7. The Morgan fingerprint density at radius 1 is 1.00 bits per heavy atom. The molecule has 3 heterocycles. The summed E-state index contributed by atoms with van der Waals surface area (Å²) in [5.74, 6) is 0.634. The molecule has 0 radical (unpaired) electrons. The van der Waals surface area contributed by atoms with Crippen molar-refractivity contribution >= 4 is 15.9 Å². The molecular formula is C21H28FN5O4S. The molecule has 1 aromatic heterocycles. The molecule has 0 unspecified atom stereocenters. The number of likely N-dealkylation sites (tertiary alicyclic amines) is 1. The second-order valence-electron chi connectivity index (χ2n) is 8.18. The first-order chi connectivity index (χ1) is 15.4. The normalized spacial score (nSPS) is 18.7. The van der Waals surface area contributed by atoms with Crippen molar-refractivity contribution in [1.82, 2.24) is 24.2 Å². The Hall–Kier alpha value is -2.37. The fraction of sp³-hybridized carbons (Fsp3) is 0.571. The maximum Gasteiger partial charge on any atom is 0.243 e. The Kier molecular flexibility index (Phi) is 7.17. The number of carbonyl (C=O) groups excluding carboxylic acids is 1. The predicted molar refractivity (Wildman–Crippen MR) is 113 cm³/mol. The van der Waals surface area contributed by atoms with E-state index in [-0.39, 0.29) is 10.8 Å². The molecule has 0 N–H and O–H groups in total. The molecule has 2 fully saturated rings. The molecule has 2 aliphatic rings. The molecule has 0 bridgehead atoms. The van der Waals surface area contributed by atoms with Gasteiger partial charge in [0.25, 0.3) is 0 Å². The van der Waals surface area contributed by atoms with Gasteiger partial charge in [0.2, 0.25) is 21.8 Å². The summed E-state index contributed by atoms with van der Waals surface area (Å²) in [7, 11) is -3.64. The monoisotopic (exact) mass is 465 g/mol. The number of carbonyl (C=O) groups is 1. The molecule has 32 heavy (non-hydrogen) atoms. The van der Waals surface area contributed by atoms with Gasteiger partial charge in [-0.15, -0.1) is 0 Å². The SMILES string of the molecule is O=C(CCc1nc(CN2CCN(S(=O)(=O)c3ccc(F)cc3)CC2)no1)N1CCCCC1. The fourth-order valence-electron chi connectivity index (χ4n) is 4.05. The van der Waals surface area contributed by atoms with Crippen molar-refractivity contribution < 1.29 is 22.1 Å². The summed E-state index contributed by atoms with van der Waals surface area (Å²) in [5, 5.41) is 4.00. The first-order valence-corrected chi connectivity index (χ1v) is 12.4. The zero-order chi connectivity index (χ0) is 22.6. The van der Waals surface area contributed by atoms with Crippen LogP contribution in [-0.2, 0) is 27.8 Å². The maximum atomic E-state index is 13.1. The van der Waals surface area contributed by atoms with Gasteiger partial charge in [-0.1, -0.05) is 5.16 Å². The highest BCUT2D eigenvalue weighted by Crippen LogP contribution is 2.19. The van der Waals surface area contributed by atoms with E-state index in [1.54, 1.807) is 0 Å². The minimum absolute atomic E-state index is 0.0919. The average molecular weight is 466 g/mol. The molecular weight excluding hydrogens is 437 g/mol. The minimum atomic E-state index is -3.64. The Bertz CT molecular complexity index is 1010. The summed E-state index contributed by atoms with van der Waals surface area (Å²) in [6, 6.07) is 4.87. The number of benzene rings is 1. The number of hydrogen-bond donors (Lipinski definition) is 0. The molecule has 0 saturated carbocycles. The van der Waals surface area contributed by atoms with Crippen LogP contribution in [0.25, 0.3) is 0 Å². The zero-order valence-electron chi connectivity index (χ0n) is 17.9. The van der Waals surface area contributed by atoms with Crippen LogP contribution in [0.1, 0.15) is 37.4 Å². The minimum Gasteiger partial charge on any atom is -0.343 e. The smallest absolute Gasteiger partial charge is 0.243 e. The first-order valence-electron chi connectivity index (χ1n) is 11.0. The lowest BCUT2D eigenvalue weighted by molar-refractivity contribution is -0.132. The number of piperidine rings is 1. The molecule has 11 heteroatoms. The summed E-state index contributed by atoms with van der Waals surface area (Å²) in [6.07, 6.45) is 4.10. The van der Waals surface area contributed by atoms with Crippen molar-refractivity contribution in [2.75, 3.05) is 39.3 Å². The average Bonchev–Trinajstić information content (AvgIpc) is 3.26. The van der Waals surface area contributed by atoms with Crippen LogP contribution in [0.2, 0.25) is 0 Å². The van der Waals surface area contributed by atoms with E-state index in [2.05, 4.69) is 15.0 Å². The van der Waals surface area contributed by atoms with Crippen molar-refractivity contribution in [3.63, 3.8) is 0 Å².